The van der Waals surface area contributed by atoms with E-state index in [1.165, 1.54) is 6.33 Å². The summed E-state index contributed by atoms with van der Waals surface area (Å²) in [5.74, 6) is -0.465. The van der Waals surface area contributed by atoms with Gasteiger partial charge in [0.05, 0.1) is 12.1 Å². The minimum Gasteiger partial charge on any atom is -0.478 e. The standard InChI is InChI=1S/C12H13N3O3/c1-8(16)11-14-13-7-15(11)6-9-2-4-10(5-3-9)12(17)18/h2-5,7-8,16H,6H2,1H3,(H,17,18). The number of aliphatic hydroxyl groups excluding tert-OH is 1. The van der Waals surface area contributed by atoms with Gasteiger partial charge in [0.15, 0.2) is 5.82 Å². The Hall–Kier alpha value is -2.21. The molecule has 0 saturated heterocycles. The van der Waals surface area contributed by atoms with Crippen LogP contribution in [0.1, 0.15) is 34.8 Å². The van der Waals surface area contributed by atoms with Crippen molar-refractivity contribution in [3.8, 4) is 0 Å². The molecule has 0 aliphatic carbocycles. The van der Waals surface area contributed by atoms with Crippen molar-refractivity contribution in [1.82, 2.24) is 14.8 Å². The molecule has 0 aliphatic heterocycles. The molecular formula is C12H13N3O3. The van der Waals surface area contributed by atoms with Gasteiger partial charge in [-0.15, -0.1) is 10.2 Å². The second kappa shape index (κ2) is 4.97. The molecular weight excluding hydrogens is 234 g/mol. The van der Waals surface area contributed by atoms with Gasteiger partial charge in [0.25, 0.3) is 0 Å². The van der Waals surface area contributed by atoms with Gasteiger partial charge in [-0.25, -0.2) is 4.79 Å². The number of carbonyl (C=O) groups is 1. The van der Waals surface area contributed by atoms with Gasteiger partial charge in [-0.1, -0.05) is 12.1 Å². The van der Waals surface area contributed by atoms with E-state index in [4.69, 9.17) is 5.11 Å². The minimum atomic E-state index is -0.949. The molecule has 94 valence electrons. The molecule has 1 unspecified atom stereocenters. The van der Waals surface area contributed by atoms with Crippen LogP contribution in [0.15, 0.2) is 30.6 Å². The maximum Gasteiger partial charge on any atom is 0.335 e. The van der Waals surface area contributed by atoms with Crippen LogP contribution in [0, 0.1) is 0 Å². The quantitative estimate of drug-likeness (QED) is 0.843. The third-order valence-electron chi connectivity index (χ3n) is 2.57. The van der Waals surface area contributed by atoms with Gasteiger partial charge in [0, 0.05) is 0 Å². The Morgan fingerprint density at radius 2 is 2.06 bits per heavy atom. The van der Waals surface area contributed by atoms with Crippen molar-refractivity contribution in [2.24, 2.45) is 0 Å². The highest BCUT2D eigenvalue weighted by molar-refractivity contribution is 5.87. The monoisotopic (exact) mass is 247 g/mol. The van der Waals surface area contributed by atoms with Gasteiger partial charge in [-0.05, 0) is 24.6 Å². The van der Waals surface area contributed by atoms with Crippen LogP contribution in [-0.2, 0) is 6.54 Å². The topological polar surface area (TPSA) is 88.2 Å². The van der Waals surface area contributed by atoms with Crippen molar-refractivity contribution >= 4 is 5.97 Å². The van der Waals surface area contributed by atoms with E-state index in [0.29, 0.717) is 12.4 Å². The zero-order valence-corrected chi connectivity index (χ0v) is 9.82. The SMILES string of the molecule is CC(O)c1nncn1Cc1ccc(C(=O)O)cc1. The van der Waals surface area contributed by atoms with Crippen molar-refractivity contribution in [2.45, 2.75) is 19.6 Å². The zero-order valence-electron chi connectivity index (χ0n) is 9.82. The maximum atomic E-state index is 10.7. The van der Waals surface area contributed by atoms with E-state index in [9.17, 15) is 9.90 Å². The predicted molar refractivity (Wildman–Crippen MR) is 63.2 cm³/mol. The molecule has 1 heterocycles. The molecule has 1 atom stereocenters. The zero-order chi connectivity index (χ0) is 13.1. The lowest BCUT2D eigenvalue weighted by Crippen LogP contribution is -2.07. The van der Waals surface area contributed by atoms with Crippen LogP contribution in [-0.4, -0.2) is 30.9 Å². The first-order valence-corrected chi connectivity index (χ1v) is 5.46. The summed E-state index contributed by atoms with van der Waals surface area (Å²) in [6.07, 6.45) is 0.846. The number of benzene rings is 1. The number of hydrogen-bond acceptors (Lipinski definition) is 4. The van der Waals surface area contributed by atoms with Crippen LogP contribution in [0.25, 0.3) is 0 Å². The Labute approximate surface area is 104 Å². The Morgan fingerprint density at radius 3 is 2.61 bits per heavy atom. The molecule has 0 amide bonds. The molecule has 2 rings (SSSR count). The van der Waals surface area contributed by atoms with Crippen LogP contribution in [0.2, 0.25) is 0 Å². The summed E-state index contributed by atoms with van der Waals surface area (Å²) in [5, 5.41) is 25.8. The largest absolute Gasteiger partial charge is 0.478 e. The van der Waals surface area contributed by atoms with Crippen molar-refractivity contribution in [1.29, 1.82) is 0 Å². The molecule has 0 radical (unpaired) electrons. The second-order valence-electron chi connectivity index (χ2n) is 4.00. The smallest absolute Gasteiger partial charge is 0.335 e. The lowest BCUT2D eigenvalue weighted by Gasteiger charge is -2.08. The summed E-state index contributed by atoms with van der Waals surface area (Å²) in [6, 6.07) is 6.55. The first-order valence-electron chi connectivity index (χ1n) is 5.46. The third kappa shape index (κ3) is 2.54. The fourth-order valence-corrected chi connectivity index (χ4v) is 1.66. The van der Waals surface area contributed by atoms with Crippen LogP contribution in [0.3, 0.4) is 0 Å². The number of aromatic nitrogens is 3. The molecule has 0 fully saturated rings. The summed E-state index contributed by atoms with van der Waals surface area (Å²) in [6.45, 7) is 2.11. The lowest BCUT2D eigenvalue weighted by atomic mass is 10.1. The molecule has 2 N–H and O–H groups in total. The van der Waals surface area contributed by atoms with E-state index in [-0.39, 0.29) is 5.56 Å². The summed E-state index contributed by atoms with van der Waals surface area (Å²) in [7, 11) is 0. The molecule has 0 saturated carbocycles. The first-order chi connectivity index (χ1) is 8.58. The third-order valence-corrected chi connectivity index (χ3v) is 2.57. The summed E-state index contributed by atoms with van der Waals surface area (Å²) < 4.78 is 1.72. The Balaban J connectivity index is 2.18. The number of nitrogens with zero attached hydrogens (tertiary/aromatic N) is 3. The average Bonchev–Trinajstić information content (AvgIpc) is 2.78. The fourth-order valence-electron chi connectivity index (χ4n) is 1.66. The van der Waals surface area contributed by atoms with E-state index in [1.807, 2.05) is 0 Å². The Morgan fingerprint density at radius 1 is 1.39 bits per heavy atom. The van der Waals surface area contributed by atoms with E-state index in [1.54, 1.807) is 35.8 Å². The lowest BCUT2D eigenvalue weighted by molar-refractivity contribution is 0.0697. The van der Waals surface area contributed by atoms with Gasteiger partial charge in [0.1, 0.15) is 12.4 Å². The molecule has 0 bridgehead atoms. The Kier molecular flexibility index (Phi) is 3.38. The van der Waals surface area contributed by atoms with Gasteiger partial charge in [0.2, 0.25) is 0 Å². The average molecular weight is 247 g/mol. The van der Waals surface area contributed by atoms with Gasteiger partial charge in [-0.2, -0.15) is 0 Å². The van der Waals surface area contributed by atoms with E-state index < -0.39 is 12.1 Å². The molecule has 0 aliphatic rings. The number of aromatic carboxylic acids is 1. The van der Waals surface area contributed by atoms with E-state index in [2.05, 4.69) is 10.2 Å². The summed E-state index contributed by atoms with van der Waals surface area (Å²) >= 11 is 0. The normalized spacial score (nSPS) is 12.3. The van der Waals surface area contributed by atoms with Gasteiger partial charge in [-0.3, -0.25) is 0 Å². The second-order valence-corrected chi connectivity index (χ2v) is 4.00. The van der Waals surface area contributed by atoms with Gasteiger partial charge < -0.3 is 14.8 Å². The number of carboxylic acid groups (broad SMARTS) is 1. The molecule has 2 aromatic rings. The van der Waals surface area contributed by atoms with Crippen LogP contribution >= 0.6 is 0 Å². The number of aliphatic hydroxyl groups is 1. The highest BCUT2D eigenvalue weighted by Crippen LogP contribution is 2.11. The van der Waals surface area contributed by atoms with Crippen LogP contribution < -0.4 is 0 Å². The van der Waals surface area contributed by atoms with Crippen molar-refractivity contribution in [2.75, 3.05) is 0 Å². The molecule has 1 aromatic heterocycles. The van der Waals surface area contributed by atoms with E-state index >= 15 is 0 Å². The van der Waals surface area contributed by atoms with Crippen LogP contribution in [0.4, 0.5) is 0 Å². The molecule has 1 aromatic carbocycles. The molecule has 18 heavy (non-hydrogen) atoms. The first kappa shape index (κ1) is 12.3. The summed E-state index contributed by atoms with van der Waals surface area (Å²) in [4.78, 5) is 10.7. The fraction of sp³-hybridized carbons (Fsp3) is 0.250. The number of hydrogen-bond donors (Lipinski definition) is 2. The van der Waals surface area contributed by atoms with E-state index in [0.717, 1.165) is 5.56 Å². The van der Waals surface area contributed by atoms with Crippen LogP contribution in [0.5, 0.6) is 0 Å². The van der Waals surface area contributed by atoms with Gasteiger partial charge >= 0.3 is 5.97 Å². The minimum absolute atomic E-state index is 0.248. The molecule has 6 heteroatoms. The predicted octanol–water partition coefficient (Wildman–Crippen LogP) is 1.08. The highest BCUT2D eigenvalue weighted by atomic mass is 16.4. The maximum absolute atomic E-state index is 10.7. The summed E-state index contributed by atoms with van der Waals surface area (Å²) in [5.41, 5.74) is 1.17. The number of rotatable bonds is 4. The highest BCUT2D eigenvalue weighted by Gasteiger charge is 2.10. The Bertz CT molecular complexity index is 546. The molecule has 6 nitrogen and oxygen atoms in total. The number of carboxylic acids is 1. The van der Waals surface area contributed by atoms with Crippen molar-refractivity contribution < 1.29 is 15.0 Å². The van der Waals surface area contributed by atoms with Crippen molar-refractivity contribution in [3.05, 3.63) is 47.5 Å². The van der Waals surface area contributed by atoms with Crippen molar-refractivity contribution in [3.63, 3.8) is 0 Å². The molecule has 0 spiro atoms.